The fourth-order valence-corrected chi connectivity index (χ4v) is 3.02. The van der Waals surface area contributed by atoms with Gasteiger partial charge in [-0.2, -0.15) is 0 Å². The third kappa shape index (κ3) is 2.58. The quantitative estimate of drug-likeness (QED) is 0.600. The summed E-state index contributed by atoms with van der Waals surface area (Å²) in [4.78, 5) is 4.37. The molecule has 1 aromatic heterocycles. The highest BCUT2D eigenvalue weighted by Gasteiger charge is 2.17. The van der Waals surface area contributed by atoms with Crippen molar-refractivity contribution in [2.45, 2.75) is 11.8 Å². The van der Waals surface area contributed by atoms with E-state index in [2.05, 4.69) is 20.9 Å². The Morgan fingerprint density at radius 2 is 2.00 bits per heavy atom. The van der Waals surface area contributed by atoms with Crippen molar-refractivity contribution in [1.82, 2.24) is 4.98 Å². The number of rotatable bonds is 3. The molecule has 2 aromatic carbocycles. The predicted octanol–water partition coefficient (Wildman–Crippen LogP) is 5.25. The van der Waals surface area contributed by atoms with Crippen LogP contribution in [0.1, 0.15) is 16.8 Å². The van der Waals surface area contributed by atoms with Crippen LogP contribution in [-0.2, 0) is 6.42 Å². The minimum Gasteiger partial charge on any atom is -0.441 e. The lowest BCUT2D eigenvalue weighted by atomic mass is 10.1. The number of benzene rings is 2. The smallest absolute Gasteiger partial charge is 0.197 e. The van der Waals surface area contributed by atoms with E-state index in [-0.39, 0.29) is 5.82 Å². The summed E-state index contributed by atoms with van der Waals surface area (Å²) in [6.45, 7) is 0. The monoisotopic (exact) mass is 353 g/mol. The van der Waals surface area contributed by atoms with Gasteiger partial charge >= 0.3 is 0 Å². The van der Waals surface area contributed by atoms with Gasteiger partial charge in [-0.05, 0) is 39.7 Å². The lowest BCUT2D eigenvalue weighted by Gasteiger charge is -2.10. The topological polar surface area (TPSA) is 26.0 Å². The second kappa shape index (κ2) is 5.54. The molecule has 5 heteroatoms. The van der Waals surface area contributed by atoms with Gasteiger partial charge in [0.05, 0.1) is 9.85 Å². The van der Waals surface area contributed by atoms with Crippen molar-refractivity contribution < 1.29 is 8.81 Å². The summed E-state index contributed by atoms with van der Waals surface area (Å²) in [7, 11) is 0. The van der Waals surface area contributed by atoms with E-state index >= 15 is 0 Å². The summed E-state index contributed by atoms with van der Waals surface area (Å²) in [5.41, 5.74) is 2.21. The first-order chi connectivity index (χ1) is 9.65. The second-order valence-electron chi connectivity index (χ2n) is 4.39. The van der Waals surface area contributed by atoms with Gasteiger partial charge in [0.1, 0.15) is 11.3 Å². The summed E-state index contributed by atoms with van der Waals surface area (Å²) < 4.78 is 19.5. The van der Waals surface area contributed by atoms with Gasteiger partial charge in [-0.3, -0.25) is 0 Å². The highest BCUT2D eigenvalue weighted by Crippen LogP contribution is 2.32. The molecule has 20 heavy (non-hydrogen) atoms. The van der Waals surface area contributed by atoms with E-state index in [0.717, 1.165) is 11.1 Å². The SMILES string of the molecule is Fc1cccc(C(Cl)Cc2nc3ccccc3o2)c1Br. The maximum absolute atomic E-state index is 13.5. The van der Waals surface area contributed by atoms with Gasteiger partial charge in [-0.1, -0.05) is 24.3 Å². The first-order valence-corrected chi connectivity index (χ1v) is 7.30. The van der Waals surface area contributed by atoms with Crippen LogP contribution >= 0.6 is 27.5 Å². The fraction of sp³-hybridized carbons (Fsp3) is 0.133. The van der Waals surface area contributed by atoms with Crippen molar-refractivity contribution in [3.05, 3.63) is 64.2 Å². The largest absolute Gasteiger partial charge is 0.441 e. The van der Waals surface area contributed by atoms with E-state index in [9.17, 15) is 4.39 Å². The molecular weight excluding hydrogens is 345 g/mol. The van der Waals surface area contributed by atoms with Crippen LogP contribution in [0.5, 0.6) is 0 Å². The van der Waals surface area contributed by atoms with Gasteiger partial charge in [0.2, 0.25) is 0 Å². The summed E-state index contributed by atoms with van der Waals surface area (Å²) >= 11 is 9.57. The van der Waals surface area contributed by atoms with Crippen molar-refractivity contribution in [1.29, 1.82) is 0 Å². The molecule has 1 heterocycles. The van der Waals surface area contributed by atoms with Gasteiger partial charge in [0.25, 0.3) is 0 Å². The van der Waals surface area contributed by atoms with Crippen LogP contribution in [0.2, 0.25) is 0 Å². The van der Waals surface area contributed by atoms with Crippen LogP contribution in [0, 0.1) is 5.82 Å². The van der Waals surface area contributed by atoms with Crippen LogP contribution in [0.3, 0.4) is 0 Å². The van der Waals surface area contributed by atoms with Crippen LogP contribution in [-0.4, -0.2) is 4.98 Å². The standard InChI is InChI=1S/C15H10BrClFNO/c16-15-9(4-3-5-11(15)18)10(17)8-14-19-12-6-1-2-7-13(12)20-14/h1-7,10H,8H2. The minimum atomic E-state index is -0.409. The van der Waals surface area contributed by atoms with E-state index in [0.29, 0.717) is 22.3 Å². The number of hydrogen-bond donors (Lipinski definition) is 0. The molecule has 0 radical (unpaired) electrons. The number of oxazole rings is 1. The van der Waals surface area contributed by atoms with Crippen molar-refractivity contribution >= 4 is 38.6 Å². The summed E-state index contributed by atoms with van der Waals surface area (Å²) in [6, 6.07) is 12.3. The Bertz CT molecular complexity index is 725. The number of hydrogen-bond acceptors (Lipinski definition) is 2. The molecule has 0 aliphatic carbocycles. The summed E-state index contributed by atoms with van der Waals surface area (Å²) in [5, 5.41) is -0.409. The Morgan fingerprint density at radius 1 is 1.20 bits per heavy atom. The normalized spacial score (nSPS) is 12.8. The molecule has 1 unspecified atom stereocenters. The zero-order valence-corrected chi connectivity index (χ0v) is 12.7. The van der Waals surface area contributed by atoms with E-state index in [1.54, 1.807) is 12.1 Å². The van der Waals surface area contributed by atoms with E-state index in [1.807, 2.05) is 24.3 Å². The number of halogens is 3. The molecule has 1 atom stereocenters. The van der Waals surface area contributed by atoms with Crippen molar-refractivity contribution in [2.75, 3.05) is 0 Å². The van der Waals surface area contributed by atoms with Gasteiger partial charge in [-0.15, -0.1) is 11.6 Å². The molecule has 0 bridgehead atoms. The molecule has 3 rings (SSSR count). The molecule has 0 N–H and O–H groups in total. The minimum absolute atomic E-state index is 0.328. The molecule has 102 valence electrons. The number of nitrogens with zero attached hydrogens (tertiary/aromatic N) is 1. The fourth-order valence-electron chi connectivity index (χ4n) is 2.03. The van der Waals surface area contributed by atoms with Gasteiger partial charge in [0, 0.05) is 6.42 Å². The lowest BCUT2D eigenvalue weighted by molar-refractivity contribution is 0.524. The first-order valence-electron chi connectivity index (χ1n) is 6.07. The van der Waals surface area contributed by atoms with E-state index in [4.69, 9.17) is 16.0 Å². The van der Waals surface area contributed by atoms with Gasteiger partial charge < -0.3 is 4.42 Å². The highest BCUT2D eigenvalue weighted by molar-refractivity contribution is 9.10. The average molecular weight is 355 g/mol. The van der Waals surface area contributed by atoms with Crippen LogP contribution in [0.25, 0.3) is 11.1 Å². The zero-order valence-electron chi connectivity index (χ0n) is 10.3. The summed E-state index contributed by atoms with van der Waals surface area (Å²) in [6.07, 6.45) is 0.401. The van der Waals surface area contributed by atoms with E-state index < -0.39 is 5.38 Å². The third-order valence-corrected chi connectivity index (χ3v) is 4.24. The Kier molecular flexibility index (Phi) is 3.76. The zero-order chi connectivity index (χ0) is 14.1. The highest BCUT2D eigenvalue weighted by atomic mass is 79.9. The molecule has 0 aliphatic heterocycles. The maximum atomic E-state index is 13.5. The molecule has 0 fully saturated rings. The molecule has 3 aromatic rings. The van der Waals surface area contributed by atoms with Crippen LogP contribution < -0.4 is 0 Å². The molecule has 2 nitrogen and oxygen atoms in total. The van der Waals surface area contributed by atoms with Crippen molar-refractivity contribution in [3.63, 3.8) is 0 Å². The van der Waals surface area contributed by atoms with Crippen LogP contribution in [0.4, 0.5) is 4.39 Å². The summed E-state index contributed by atoms with van der Waals surface area (Å²) in [5.74, 6) is 0.216. The van der Waals surface area contributed by atoms with Gasteiger partial charge in [0.15, 0.2) is 11.5 Å². The Hall–Kier alpha value is -1.39. The molecule has 0 saturated heterocycles. The van der Waals surface area contributed by atoms with Crippen molar-refractivity contribution in [2.24, 2.45) is 0 Å². The Balaban J connectivity index is 1.88. The molecule has 0 amide bonds. The number of fused-ring (bicyclic) bond motifs is 1. The molecular formula is C15H10BrClFNO. The predicted molar refractivity (Wildman–Crippen MR) is 80.4 cm³/mol. The number of aromatic nitrogens is 1. The van der Waals surface area contributed by atoms with Gasteiger partial charge in [-0.25, -0.2) is 9.37 Å². The Morgan fingerprint density at radius 3 is 2.80 bits per heavy atom. The first kappa shape index (κ1) is 13.6. The molecule has 0 spiro atoms. The Labute approximate surface area is 128 Å². The molecule has 0 saturated carbocycles. The van der Waals surface area contributed by atoms with Crippen LogP contribution in [0.15, 0.2) is 51.4 Å². The van der Waals surface area contributed by atoms with E-state index in [1.165, 1.54) is 6.07 Å². The number of para-hydroxylation sites is 2. The molecule has 0 aliphatic rings. The average Bonchev–Trinajstić information content (AvgIpc) is 2.83. The number of alkyl halides is 1. The lowest BCUT2D eigenvalue weighted by Crippen LogP contribution is -1.98. The second-order valence-corrected chi connectivity index (χ2v) is 5.71. The maximum Gasteiger partial charge on any atom is 0.197 e. The third-order valence-electron chi connectivity index (χ3n) is 3.01. The van der Waals surface area contributed by atoms with Crippen molar-refractivity contribution in [3.8, 4) is 0 Å².